The number of primary amides is 1. The number of hydrogen-bond donors (Lipinski definition) is 2. The van der Waals surface area contributed by atoms with Crippen LogP contribution in [0.25, 0.3) is 0 Å². The number of amides is 1. The highest BCUT2D eigenvalue weighted by atomic mass is 16.1. The van der Waals surface area contributed by atoms with E-state index in [4.69, 9.17) is 5.73 Å². The van der Waals surface area contributed by atoms with Crippen molar-refractivity contribution < 1.29 is 4.79 Å². The summed E-state index contributed by atoms with van der Waals surface area (Å²) in [6.45, 7) is 8.95. The second-order valence-corrected chi connectivity index (χ2v) is 6.30. The first-order valence-corrected chi connectivity index (χ1v) is 7.63. The van der Waals surface area contributed by atoms with Crippen LogP contribution in [0.3, 0.4) is 0 Å². The maximum Gasteiger partial charge on any atom is 0.237 e. The van der Waals surface area contributed by atoms with Gasteiger partial charge in [-0.1, -0.05) is 6.92 Å². The van der Waals surface area contributed by atoms with Crippen molar-refractivity contribution in [2.75, 3.05) is 20.1 Å². The lowest BCUT2D eigenvalue weighted by Crippen LogP contribution is -2.51. The average Bonchev–Trinajstić information content (AvgIpc) is 2.38. The van der Waals surface area contributed by atoms with Crippen LogP contribution < -0.4 is 11.1 Å². The third kappa shape index (κ3) is 4.46. The summed E-state index contributed by atoms with van der Waals surface area (Å²) in [6.07, 6.45) is 5.67. The van der Waals surface area contributed by atoms with Crippen LogP contribution >= 0.6 is 0 Å². The maximum atomic E-state index is 11.4. The lowest BCUT2D eigenvalue weighted by atomic mass is 9.91. The molecular weight excluding hydrogens is 238 g/mol. The minimum absolute atomic E-state index is 0.255. The van der Waals surface area contributed by atoms with E-state index in [0.717, 1.165) is 31.7 Å². The number of carbonyl (C=O) groups excluding carboxylic acids is 1. The summed E-state index contributed by atoms with van der Waals surface area (Å²) in [6, 6.07) is 0.695. The normalized spacial score (nSPS) is 28.0. The van der Waals surface area contributed by atoms with Crippen molar-refractivity contribution in [1.82, 2.24) is 10.2 Å². The molecule has 3 atom stereocenters. The molecule has 0 aromatic rings. The molecule has 4 nitrogen and oxygen atoms in total. The Bertz CT molecular complexity index is 295. The molecule has 3 unspecified atom stereocenters. The minimum atomic E-state index is -0.555. The van der Waals surface area contributed by atoms with Crippen molar-refractivity contribution in [3.8, 4) is 0 Å². The van der Waals surface area contributed by atoms with Crippen LogP contribution in [-0.4, -0.2) is 42.5 Å². The number of carbonyl (C=O) groups is 1. The van der Waals surface area contributed by atoms with Crippen molar-refractivity contribution in [1.29, 1.82) is 0 Å². The number of unbranched alkanes of at least 4 members (excludes halogenated alkanes) is 1. The Morgan fingerprint density at radius 3 is 2.68 bits per heavy atom. The van der Waals surface area contributed by atoms with Gasteiger partial charge < -0.3 is 16.0 Å². The number of likely N-dealkylation sites (N-methyl/N-ethyl adjacent to an activating group) is 1. The molecule has 0 spiro atoms. The molecular formula is C15H31N3O. The van der Waals surface area contributed by atoms with Gasteiger partial charge in [0, 0.05) is 6.04 Å². The highest BCUT2D eigenvalue weighted by Crippen LogP contribution is 2.23. The van der Waals surface area contributed by atoms with Crippen LogP contribution in [0.1, 0.15) is 52.9 Å². The first-order valence-electron chi connectivity index (χ1n) is 7.63. The molecule has 1 aliphatic rings. The second kappa shape index (κ2) is 7.25. The van der Waals surface area contributed by atoms with Gasteiger partial charge in [0.05, 0.1) is 5.54 Å². The quantitative estimate of drug-likeness (QED) is 0.692. The Morgan fingerprint density at radius 1 is 1.42 bits per heavy atom. The van der Waals surface area contributed by atoms with E-state index in [2.05, 4.69) is 24.1 Å². The standard InChI is InChI=1S/C15H31N3O/c1-12-8-7-11-18(13(12)2)10-6-5-9-15(3,17-4)14(16)19/h12-13,17H,5-11H2,1-4H3,(H2,16,19). The fourth-order valence-electron chi connectivity index (χ4n) is 2.90. The topological polar surface area (TPSA) is 58.4 Å². The van der Waals surface area contributed by atoms with Gasteiger partial charge in [0.2, 0.25) is 5.91 Å². The Hall–Kier alpha value is -0.610. The molecule has 0 aromatic heterocycles. The third-order valence-electron chi connectivity index (χ3n) is 4.97. The zero-order chi connectivity index (χ0) is 14.5. The van der Waals surface area contributed by atoms with Gasteiger partial charge in [-0.25, -0.2) is 0 Å². The molecule has 0 radical (unpaired) electrons. The van der Waals surface area contributed by atoms with Gasteiger partial charge in [-0.2, -0.15) is 0 Å². The van der Waals surface area contributed by atoms with Crippen molar-refractivity contribution >= 4 is 5.91 Å². The van der Waals surface area contributed by atoms with E-state index in [9.17, 15) is 4.79 Å². The number of piperidine rings is 1. The lowest BCUT2D eigenvalue weighted by molar-refractivity contribution is -0.123. The van der Waals surface area contributed by atoms with Crippen LogP contribution in [0.4, 0.5) is 0 Å². The highest BCUT2D eigenvalue weighted by Gasteiger charge is 2.28. The summed E-state index contributed by atoms with van der Waals surface area (Å²) in [5.74, 6) is 0.553. The van der Waals surface area contributed by atoms with Gasteiger partial charge in [0.1, 0.15) is 0 Å². The molecule has 1 fully saturated rings. The summed E-state index contributed by atoms with van der Waals surface area (Å²) in [5.41, 5.74) is 4.88. The molecule has 1 aliphatic heterocycles. The van der Waals surface area contributed by atoms with Crippen molar-refractivity contribution in [3.05, 3.63) is 0 Å². The van der Waals surface area contributed by atoms with Crippen LogP contribution in [0.2, 0.25) is 0 Å². The monoisotopic (exact) mass is 269 g/mol. The largest absolute Gasteiger partial charge is 0.368 e. The molecule has 1 amide bonds. The molecule has 3 N–H and O–H groups in total. The molecule has 1 rings (SSSR count). The predicted molar refractivity (Wildman–Crippen MR) is 79.9 cm³/mol. The van der Waals surface area contributed by atoms with E-state index in [0.29, 0.717) is 6.04 Å². The number of nitrogens with two attached hydrogens (primary N) is 1. The molecule has 1 heterocycles. The van der Waals surface area contributed by atoms with Crippen LogP contribution in [0, 0.1) is 5.92 Å². The minimum Gasteiger partial charge on any atom is -0.368 e. The Morgan fingerprint density at radius 2 is 2.11 bits per heavy atom. The van der Waals surface area contributed by atoms with E-state index < -0.39 is 5.54 Å². The first-order chi connectivity index (χ1) is 8.90. The van der Waals surface area contributed by atoms with Gasteiger partial charge in [0.15, 0.2) is 0 Å². The van der Waals surface area contributed by atoms with E-state index >= 15 is 0 Å². The SMILES string of the molecule is CNC(C)(CCCCN1CCCC(C)C1C)C(N)=O. The van der Waals surface area contributed by atoms with Crippen LogP contribution in [0.15, 0.2) is 0 Å². The number of likely N-dealkylation sites (tertiary alicyclic amines) is 1. The van der Waals surface area contributed by atoms with Crippen LogP contribution in [0.5, 0.6) is 0 Å². The Labute approximate surface area is 118 Å². The Kier molecular flexibility index (Phi) is 6.27. The zero-order valence-corrected chi connectivity index (χ0v) is 13.0. The number of nitrogens with zero attached hydrogens (tertiary/aromatic N) is 1. The third-order valence-corrected chi connectivity index (χ3v) is 4.97. The van der Waals surface area contributed by atoms with Gasteiger partial charge in [0.25, 0.3) is 0 Å². The molecule has 112 valence electrons. The summed E-state index contributed by atoms with van der Waals surface area (Å²) in [5, 5.41) is 3.04. The van der Waals surface area contributed by atoms with Gasteiger partial charge in [-0.15, -0.1) is 0 Å². The van der Waals surface area contributed by atoms with E-state index in [1.807, 2.05) is 6.92 Å². The predicted octanol–water partition coefficient (Wildman–Crippen LogP) is 1.74. The van der Waals surface area contributed by atoms with E-state index in [-0.39, 0.29) is 5.91 Å². The summed E-state index contributed by atoms with van der Waals surface area (Å²) >= 11 is 0. The number of hydrogen-bond acceptors (Lipinski definition) is 3. The summed E-state index contributed by atoms with van der Waals surface area (Å²) in [4.78, 5) is 14.0. The van der Waals surface area contributed by atoms with Crippen molar-refractivity contribution in [3.63, 3.8) is 0 Å². The van der Waals surface area contributed by atoms with E-state index in [1.165, 1.54) is 19.4 Å². The summed E-state index contributed by atoms with van der Waals surface area (Å²) < 4.78 is 0. The van der Waals surface area contributed by atoms with Crippen molar-refractivity contribution in [2.45, 2.75) is 64.5 Å². The summed E-state index contributed by atoms with van der Waals surface area (Å²) in [7, 11) is 1.80. The van der Waals surface area contributed by atoms with Gasteiger partial charge in [-0.3, -0.25) is 4.79 Å². The molecule has 1 saturated heterocycles. The molecule has 0 saturated carbocycles. The first kappa shape index (κ1) is 16.4. The Balaban J connectivity index is 2.29. The number of rotatable bonds is 7. The second-order valence-electron chi connectivity index (χ2n) is 6.30. The molecule has 0 bridgehead atoms. The maximum absolute atomic E-state index is 11.4. The molecule has 0 aromatic carbocycles. The molecule has 19 heavy (non-hydrogen) atoms. The fourth-order valence-corrected chi connectivity index (χ4v) is 2.90. The van der Waals surface area contributed by atoms with E-state index in [1.54, 1.807) is 7.05 Å². The smallest absolute Gasteiger partial charge is 0.237 e. The molecule has 0 aliphatic carbocycles. The lowest BCUT2D eigenvalue weighted by Gasteiger charge is -2.38. The fraction of sp³-hybridized carbons (Fsp3) is 0.933. The van der Waals surface area contributed by atoms with Gasteiger partial charge >= 0.3 is 0 Å². The van der Waals surface area contributed by atoms with Gasteiger partial charge in [-0.05, 0) is 72.0 Å². The average molecular weight is 269 g/mol. The van der Waals surface area contributed by atoms with Crippen molar-refractivity contribution in [2.24, 2.45) is 11.7 Å². The van der Waals surface area contributed by atoms with Crippen LogP contribution in [-0.2, 0) is 4.79 Å². The number of nitrogens with one attached hydrogen (secondary N) is 1. The highest BCUT2D eigenvalue weighted by molar-refractivity contribution is 5.84. The molecule has 4 heteroatoms. The zero-order valence-electron chi connectivity index (χ0n) is 13.0.